The van der Waals surface area contributed by atoms with Crippen molar-refractivity contribution >= 4 is 17.7 Å². The van der Waals surface area contributed by atoms with Crippen molar-refractivity contribution in [1.29, 1.82) is 0 Å². The molecule has 0 spiro atoms. The van der Waals surface area contributed by atoms with Crippen LogP contribution >= 0.6 is 11.8 Å². The third-order valence-corrected chi connectivity index (χ3v) is 5.84. The third kappa shape index (κ3) is 6.53. The van der Waals surface area contributed by atoms with Crippen molar-refractivity contribution in [3.8, 4) is 0 Å². The highest BCUT2D eigenvalue weighted by atomic mass is 32.2. The van der Waals surface area contributed by atoms with Crippen molar-refractivity contribution in [1.82, 2.24) is 25.4 Å². The summed E-state index contributed by atoms with van der Waals surface area (Å²) in [7, 11) is 1.99. The van der Waals surface area contributed by atoms with E-state index in [1.807, 2.05) is 30.3 Å². The zero-order valence-corrected chi connectivity index (χ0v) is 17.0. The molecule has 1 aromatic heterocycles. The van der Waals surface area contributed by atoms with E-state index in [1.165, 1.54) is 37.9 Å². The molecule has 2 N–H and O–H groups in total. The van der Waals surface area contributed by atoms with E-state index in [9.17, 15) is 0 Å². The Labute approximate surface area is 156 Å². The molecule has 0 bridgehead atoms. The van der Waals surface area contributed by atoms with Gasteiger partial charge in [0, 0.05) is 19.6 Å². The summed E-state index contributed by atoms with van der Waals surface area (Å²) in [4.78, 5) is 4.76. The normalized spacial score (nSPS) is 21.4. The third-order valence-electron chi connectivity index (χ3n) is 5.14. The van der Waals surface area contributed by atoms with Crippen molar-refractivity contribution in [3.05, 3.63) is 11.6 Å². The Bertz CT molecular complexity index is 534. The Morgan fingerprint density at radius 1 is 1.28 bits per heavy atom. The lowest BCUT2D eigenvalue weighted by molar-refractivity contribution is 0.304. The van der Waals surface area contributed by atoms with E-state index in [0.29, 0.717) is 12.6 Å². The minimum atomic E-state index is 0.538. The molecule has 142 valence electrons. The van der Waals surface area contributed by atoms with E-state index in [1.54, 1.807) is 0 Å². The number of hydrogen-bond donors (Lipinski definition) is 2. The molecule has 0 amide bonds. The first-order chi connectivity index (χ1) is 12.1. The summed E-state index contributed by atoms with van der Waals surface area (Å²) in [5.74, 6) is 4.82. The molecule has 0 unspecified atom stereocenters. The Morgan fingerprint density at radius 3 is 2.64 bits per heavy atom. The molecular formula is C18H34N6S. The maximum absolute atomic E-state index is 4.76. The van der Waals surface area contributed by atoms with Crippen LogP contribution < -0.4 is 10.6 Å². The molecule has 0 aromatic carbocycles. The standard InChI is InChI=1S/C18H34N6S/c1-5-15-7-9-16(10-8-15)21-18(19-11-6-12-25-4)20-13-17-23-22-14(2)24(17)3/h15-16H,5-13H2,1-4H3,(H2,19,20,21). The van der Waals surface area contributed by atoms with Gasteiger partial charge >= 0.3 is 0 Å². The minimum Gasteiger partial charge on any atom is -0.356 e. The summed E-state index contributed by atoms with van der Waals surface area (Å²) in [6.45, 7) is 5.78. The second kappa shape index (κ2) is 10.7. The molecule has 0 atom stereocenters. The average Bonchev–Trinajstić information content (AvgIpc) is 2.95. The predicted molar refractivity (Wildman–Crippen MR) is 107 cm³/mol. The van der Waals surface area contributed by atoms with Crippen LogP contribution in [0.3, 0.4) is 0 Å². The molecule has 1 aliphatic rings. The molecule has 1 saturated carbocycles. The van der Waals surface area contributed by atoms with Crippen LogP contribution in [0, 0.1) is 12.8 Å². The first-order valence-electron chi connectivity index (χ1n) is 9.52. The topological polar surface area (TPSA) is 67.1 Å². The van der Waals surface area contributed by atoms with Gasteiger partial charge in [-0.25, -0.2) is 4.99 Å². The Hall–Kier alpha value is -1.24. The van der Waals surface area contributed by atoms with Crippen molar-refractivity contribution in [2.45, 2.75) is 65.0 Å². The van der Waals surface area contributed by atoms with Gasteiger partial charge in [-0.2, -0.15) is 11.8 Å². The fourth-order valence-corrected chi connectivity index (χ4v) is 3.66. The van der Waals surface area contributed by atoms with Crippen molar-refractivity contribution in [2.75, 3.05) is 18.6 Å². The van der Waals surface area contributed by atoms with E-state index in [4.69, 9.17) is 4.99 Å². The number of nitrogens with zero attached hydrogens (tertiary/aromatic N) is 4. The Kier molecular flexibility index (Phi) is 8.58. The van der Waals surface area contributed by atoms with Gasteiger partial charge in [0.25, 0.3) is 0 Å². The summed E-state index contributed by atoms with van der Waals surface area (Å²) < 4.78 is 2.00. The number of hydrogen-bond acceptors (Lipinski definition) is 4. The van der Waals surface area contributed by atoms with Gasteiger partial charge in [-0.05, 0) is 57.0 Å². The molecule has 0 radical (unpaired) electrons. The Morgan fingerprint density at radius 2 is 2.04 bits per heavy atom. The number of thioether (sulfide) groups is 1. The molecule has 0 saturated heterocycles. The van der Waals surface area contributed by atoms with Gasteiger partial charge in [0.1, 0.15) is 12.4 Å². The van der Waals surface area contributed by atoms with Crippen LogP contribution in [0.15, 0.2) is 4.99 Å². The van der Waals surface area contributed by atoms with E-state index >= 15 is 0 Å². The summed E-state index contributed by atoms with van der Waals surface area (Å²) in [5.41, 5.74) is 0. The van der Waals surface area contributed by atoms with Crippen LogP contribution in [0.2, 0.25) is 0 Å². The maximum atomic E-state index is 4.76. The van der Waals surface area contributed by atoms with Crippen molar-refractivity contribution in [2.24, 2.45) is 18.0 Å². The van der Waals surface area contributed by atoms with Crippen LogP contribution in [-0.4, -0.2) is 45.3 Å². The highest BCUT2D eigenvalue weighted by Crippen LogP contribution is 2.26. The highest BCUT2D eigenvalue weighted by Gasteiger charge is 2.20. The van der Waals surface area contributed by atoms with E-state index in [0.717, 1.165) is 36.5 Å². The molecule has 7 heteroatoms. The van der Waals surface area contributed by atoms with E-state index in [2.05, 4.69) is 34.0 Å². The zero-order chi connectivity index (χ0) is 18.1. The number of aliphatic imine (C=N–C) groups is 1. The first kappa shape index (κ1) is 20.1. The number of nitrogens with one attached hydrogen (secondary N) is 2. The van der Waals surface area contributed by atoms with Crippen molar-refractivity contribution < 1.29 is 0 Å². The SMILES string of the molecule is CCC1CCC(NC(=NCc2nnc(C)n2C)NCCCSC)CC1. The largest absolute Gasteiger partial charge is 0.356 e. The molecule has 0 aliphatic heterocycles. The second-order valence-corrected chi connectivity index (χ2v) is 7.92. The van der Waals surface area contributed by atoms with Gasteiger partial charge < -0.3 is 15.2 Å². The summed E-state index contributed by atoms with van der Waals surface area (Å²) >= 11 is 1.88. The lowest BCUT2D eigenvalue weighted by Crippen LogP contribution is -2.45. The van der Waals surface area contributed by atoms with Gasteiger partial charge in [-0.1, -0.05) is 13.3 Å². The van der Waals surface area contributed by atoms with Crippen LogP contribution in [0.25, 0.3) is 0 Å². The summed E-state index contributed by atoms with van der Waals surface area (Å²) in [6, 6.07) is 0.538. The van der Waals surface area contributed by atoms with Crippen molar-refractivity contribution in [3.63, 3.8) is 0 Å². The molecule has 2 rings (SSSR count). The van der Waals surface area contributed by atoms with Gasteiger partial charge in [0.15, 0.2) is 11.8 Å². The molecule has 6 nitrogen and oxygen atoms in total. The summed E-state index contributed by atoms with van der Waals surface area (Å²) in [5, 5.41) is 15.5. The summed E-state index contributed by atoms with van der Waals surface area (Å²) in [6.07, 6.45) is 9.75. The van der Waals surface area contributed by atoms with E-state index in [-0.39, 0.29) is 0 Å². The molecular weight excluding hydrogens is 332 g/mol. The minimum absolute atomic E-state index is 0.538. The molecule has 1 aromatic rings. The number of guanidine groups is 1. The van der Waals surface area contributed by atoms with E-state index < -0.39 is 0 Å². The van der Waals surface area contributed by atoms with Crippen LogP contribution in [0.5, 0.6) is 0 Å². The van der Waals surface area contributed by atoms with Crippen LogP contribution in [0.1, 0.15) is 57.1 Å². The monoisotopic (exact) mass is 366 g/mol. The smallest absolute Gasteiger partial charge is 0.191 e. The fraction of sp³-hybridized carbons (Fsp3) is 0.833. The van der Waals surface area contributed by atoms with Crippen LogP contribution in [0.4, 0.5) is 0 Å². The van der Waals surface area contributed by atoms with Crippen LogP contribution in [-0.2, 0) is 13.6 Å². The number of aromatic nitrogens is 3. The molecule has 1 fully saturated rings. The number of rotatable bonds is 8. The second-order valence-electron chi connectivity index (χ2n) is 6.93. The zero-order valence-electron chi connectivity index (χ0n) is 16.2. The number of aryl methyl sites for hydroxylation is 1. The molecule has 25 heavy (non-hydrogen) atoms. The maximum Gasteiger partial charge on any atom is 0.191 e. The van der Waals surface area contributed by atoms with Gasteiger partial charge in [-0.15, -0.1) is 10.2 Å². The predicted octanol–water partition coefficient (Wildman–Crippen LogP) is 2.88. The Balaban J connectivity index is 1.92. The quantitative estimate of drug-likeness (QED) is 0.421. The average molecular weight is 367 g/mol. The first-order valence-corrected chi connectivity index (χ1v) is 10.9. The molecule has 1 heterocycles. The fourth-order valence-electron chi connectivity index (χ4n) is 3.22. The van der Waals surface area contributed by atoms with Gasteiger partial charge in [0.2, 0.25) is 0 Å². The van der Waals surface area contributed by atoms with Gasteiger partial charge in [-0.3, -0.25) is 0 Å². The lowest BCUT2D eigenvalue weighted by atomic mass is 9.84. The lowest BCUT2D eigenvalue weighted by Gasteiger charge is -2.29. The molecule has 1 aliphatic carbocycles. The highest BCUT2D eigenvalue weighted by molar-refractivity contribution is 7.98. The van der Waals surface area contributed by atoms with Gasteiger partial charge in [0.05, 0.1) is 0 Å².